The first-order valence-electron chi connectivity index (χ1n) is 5.41. The lowest BCUT2D eigenvalue weighted by Gasteiger charge is -2.31. The Morgan fingerprint density at radius 3 is 2.50 bits per heavy atom. The van der Waals surface area contributed by atoms with Crippen LogP contribution < -0.4 is 5.43 Å². The van der Waals surface area contributed by atoms with Gasteiger partial charge in [0.1, 0.15) is 5.69 Å². The Labute approximate surface area is 107 Å². The predicted octanol–water partition coefficient (Wildman–Crippen LogP) is 2.20. The molecule has 0 aromatic carbocycles. The average Bonchev–Trinajstić information content (AvgIpc) is 2.31. The number of halogens is 4. The number of nitrogens with zero attached hydrogens (tertiary/aromatic N) is 3. The number of piperazine rings is 1. The summed E-state index contributed by atoms with van der Waals surface area (Å²) in [4.78, 5) is 3.30. The summed E-state index contributed by atoms with van der Waals surface area (Å²) in [6.45, 7) is 2.61. The fourth-order valence-electron chi connectivity index (χ4n) is 1.63. The van der Waals surface area contributed by atoms with E-state index < -0.39 is 11.9 Å². The molecule has 1 aromatic rings. The van der Waals surface area contributed by atoms with Gasteiger partial charge in [0.15, 0.2) is 0 Å². The van der Waals surface area contributed by atoms with Gasteiger partial charge in [0.05, 0.1) is 5.69 Å². The molecule has 1 saturated heterocycles. The molecule has 0 amide bonds. The van der Waals surface area contributed by atoms with E-state index in [4.69, 9.17) is 11.8 Å². The number of anilines is 1. The second kappa shape index (κ2) is 5.29. The summed E-state index contributed by atoms with van der Waals surface area (Å²) in [6, 6.07) is 2.50. The summed E-state index contributed by atoms with van der Waals surface area (Å²) in [5.41, 5.74) is 2.40. The number of hydrazine groups is 1. The number of nitrogens with one attached hydrogen (secondary N) is 1. The number of pyridine rings is 1. The van der Waals surface area contributed by atoms with Crippen LogP contribution in [0.15, 0.2) is 18.3 Å². The van der Waals surface area contributed by atoms with Gasteiger partial charge in [-0.3, -0.25) is 4.98 Å². The molecule has 0 atom stereocenters. The molecule has 0 saturated carbocycles. The first-order valence-corrected chi connectivity index (χ1v) is 5.74. The van der Waals surface area contributed by atoms with Crippen LogP contribution in [0.2, 0.25) is 0 Å². The van der Waals surface area contributed by atoms with Crippen LogP contribution in [-0.4, -0.2) is 40.6 Å². The molecule has 0 radical (unpaired) electrons. The zero-order valence-electron chi connectivity index (χ0n) is 9.41. The third-order valence-electron chi connectivity index (χ3n) is 2.56. The highest BCUT2D eigenvalue weighted by atomic mass is 35.5. The van der Waals surface area contributed by atoms with Gasteiger partial charge in [-0.1, -0.05) is 0 Å². The monoisotopic (exact) mass is 280 g/mol. The van der Waals surface area contributed by atoms with Gasteiger partial charge in [0, 0.05) is 32.4 Å². The number of alkyl halides is 3. The van der Waals surface area contributed by atoms with Gasteiger partial charge in [-0.2, -0.15) is 13.2 Å². The summed E-state index contributed by atoms with van der Waals surface area (Å²) < 4.78 is 39.1. The number of aromatic nitrogens is 1. The van der Waals surface area contributed by atoms with E-state index >= 15 is 0 Å². The highest BCUT2D eigenvalue weighted by Gasteiger charge is 2.32. The molecule has 1 aromatic heterocycles. The molecule has 1 aliphatic heterocycles. The molecule has 1 aliphatic rings. The maximum Gasteiger partial charge on any atom is 0.433 e. The van der Waals surface area contributed by atoms with Crippen LogP contribution in [0.4, 0.5) is 18.9 Å². The molecule has 2 heterocycles. The molecule has 0 aliphatic carbocycles. The van der Waals surface area contributed by atoms with Crippen LogP contribution in [0.3, 0.4) is 0 Å². The van der Waals surface area contributed by atoms with Crippen molar-refractivity contribution < 1.29 is 13.2 Å². The molecule has 100 valence electrons. The molecular formula is C10H12ClF3N4. The summed E-state index contributed by atoms with van der Waals surface area (Å²) >= 11 is 5.79. The van der Waals surface area contributed by atoms with Crippen LogP contribution in [0.5, 0.6) is 0 Å². The van der Waals surface area contributed by atoms with Crippen molar-refractivity contribution >= 4 is 17.5 Å². The standard InChI is InChI=1S/C10H12ClF3N4/c11-17-3-5-18(6-4-17)16-8-1-2-15-9(7-8)10(12,13)14/h1-2,7H,3-6H2,(H,15,16). The summed E-state index contributed by atoms with van der Waals surface area (Å²) in [5.74, 6) is 0. The molecular weight excluding hydrogens is 269 g/mol. The zero-order valence-corrected chi connectivity index (χ0v) is 10.2. The second-order valence-corrected chi connectivity index (χ2v) is 4.41. The Morgan fingerprint density at radius 1 is 1.22 bits per heavy atom. The second-order valence-electron chi connectivity index (χ2n) is 3.94. The Kier molecular flexibility index (Phi) is 3.94. The predicted molar refractivity (Wildman–Crippen MR) is 61.9 cm³/mol. The lowest BCUT2D eigenvalue weighted by Crippen LogP contribution is -2.45. The molecule has 0 unspecified atom stereocenters. The van der Waals surface area contributed by atoms with Gasteiger partial charge in [0.25, 0.3) is 0 Å². The lowest BCUT2D eigenvalue weighted by molar-refractivity contribution is -0.141. The van der Waals surface area contributed by atoms with Crippen molar-refractivity contribution in [2.45, 2.75) is 6.18 Å². The molecule has 2 rings (SSSR count). The summed E-state index contributed by atoms with van der Waals surface area (Å²) in [5, 5.41) is 1.83. The van der Waals surface area contributed by atoms with Gasteiger partial charge < -0.3 is 5.43 Å². The van der Waals surface area contributed by atoms with Gasteiger partial charge in [-0.25, -0.2) is 9.43 Å². The SMILES string of the molecule is FC(F)(F)c1cc(NN2CCN(Cl)CC2)ccn1. The molecule has 1 N–H and O–H groups in total. The molecule has 0 bridgehead atoms. The van der Waals surface area contributed by atoms with Crippen molar-refractivity contribution in [2.75, 3.05) is 31.6 Å². The highest BCUT2D eigenvalue weighted by molar-refractivity contribution is 6.13. The van der Waals surface area contributed by atoms with Crippen molar-refractivity contribution in [3.63, 3.8) is 0 Å². The van der Waals surface area contributed by atoms with E-state index in [0.717, 1.165) is 12.3 Å². The van der Waals surface area contributed by atoms with Crippen LogP contribution >= 0.6 is 11.8 Å². The minimum atomic E-state index is -4.42. The maximum absolute atomic E-state index is 12.5. The lowest BCUT2D eigenvalue weighted by atomic mass is 10.3. The van der Waals surface area contributed by atoms with E-state index in [1.807, 2.05) is 5.01 Å². The van der Waals surface area contributed by atoms with Gasteiger partial charge in [-0.05, 0) is 23.9 Å². The van der Waals surface area contributed by atoms with E-state index in [1.54, 1.807) is 4.42 Å². The average molecular weight is 281 g/mol. The van der Waals surface area contributed by atoms with Crippen molar-refractivity contribution in [3.8, 4) is 0 Å². The number of hydrogen-bond acceptors (Lipinski definition) is 4. The molecule has 4 nitrogen and oxygen atoms in total. The van der Waals surface area contributed by atoms with Crippen molar-refractivity contribution in [1.29, 1.82) is 0 Å². The van der Waals surface area contributed by atoms with E-state index in [9.17, 15) is 13.2 Å². The zero-order chi connectivity index (χ0) is 13.2. The Bertz CT molecular complexity index is 404. The summed E-state index contributed by atoms with van der Waals surface area (Å²) in [7, 11) is 0. The van der Waals surface area contributed by atoms with Crippen molar-refractivity contribution in [1.82, 2.24) is 14.4 Å². The number of hydrogen-bond donors (Lipinski definition) is 1. The minimum Gasteiger partial charge on any atom is -0.319 e. The molecule has 18 heavy (non-hydrogen) atoms. The van der Waals surface area contributed by atoms with E-state index in [1.165, 1.54) is 6.07 Å². The van der Waals surface area contributed by atoms with Crippen LogP contribution in [0, 0.1) is 0 Å². The summed E-state index contributed by atoms with van der Waals surface area (Å²) in [6.07, 6.45) is -3.28. The topological polar surface area (TPSA) is 31.4 Å². The van der Waals surface area contributed by atoms with Crippen LogP contribution in [-0.2, 0) is 6.18 Å². The van der Waals surface area contributed by atoms with Crippen molar-refractivity contribution in [3.05, 3.63) is 24.0 Å². The third-order valence-corrected chi connectivity index (χ3v) is 2.90. The van der Waals surface area contributed by atoms with Gasteiger partial charge >= 0.3 is 6.18 Å². The fraction of sp³-hybridized carbons (Fsp3) is 0.500. The Balaban J connectivity index is 2.01. The minimum absolute atomic E-state index is 0.375. The van der Waals surface area contributed by atoms with Gasteiger partial charge in [0.2, 0.25) is 0 Å². The quantitative estimate of drug-likeness (QED) is 0.842. The highest BCUT2D eigenvalue weighted by Crippen LogP contribution is 2.28. The number of rotatable bonds is 2. The van der Waals surface area contributed by atoms with Crippen molar-refractivity contribution in [2.24, 2.45) is 0 Å². The van der Waals surface area contributed by atoms with E-state index in [0.29, 0.717) is 31.9 Å². The Morgan fingerprint density at radius 2 is 1.89 bits per heavy atom. The smallest absolute Gasteiger partial charge is 0.319 e. The first-order chi connectivity index (χ1) is 8.45. The Hall–Kier alpha value is -1.05. The van der Waals surface area contributed by atoms with Gasteiger partial charge in [-0.15, -0.1) is 0 Å². The molecule has 8 heteroatoms. The van der Waals surface area contributed by atoms with E-state index in [2.05, 4.69) is 10.4 Å². The molecule has 0 spiro atoms. The van der Waals surface area contributed by atoms with Crippen LogP contribution in [0.1, 0.15) is 5.69 Å². The third kappa shape index (κ3) is 3.47. The first kappa shape index (κ1) is 13.4. The molecule has 1 fully saturated rings. The fourth-order valence-corrected chi connectivity index (χ4v) is 1.78. The largest absolute Gasteiger partial charge is 0.433 e. The normalized spacial score (nSPS) is 18.9. The van der Waals surface area contributed by atoms with Crippen LogP contribution in [0.25, 0.3) is 0 Å². The maximum atomic E-state index is 12.5. The van der Waals surface area contributed by atoms with E-state index in [-0.39, 0.29) is 0 Å².